The molecule has 2 aromatic carbocycles. The summed E-state index contributed by atoms with van der Waals surface area (Å²) in [4.78, 5) is 4.35. The lowest BCUT2D eigenvalue weighted by atomic mass is 9.94. The van der Waals surface area contributed by atoms with Crippen molar-refractivity contribution in [2.45, 2.75) is 13.0 Å². The number of hydrogen-bond acceptors (Lipinski definition) is 2. The molecular formula is C17H16N2. The smallest absolute Gasteiger partial charge is 0.0352 e. The van der Waals surface area contributed by atoms with E-state index in [0.29, 0.717) is 0 Å². The number of nitrogens with zero attached hydrogens (tertiary/aromatic N) is 1. The van der Waals surface area contributed by atoms with Crippen molar-refractivity contribution in [1.82, 2.24) is 4.98 Å². The third kappa shape index (κ3) is 2.11. The molecule has 94 valence electrons. The van der Waals surface area contributed by atoms with Gasteiger partial charge in [-0.3, -0.25) is 4.98 Å². The molecule has 1 heterocycles. The first-order chi connectivity index (χ1) is 9.27. The predicted octanol–water partition coefficient (Wildman–Crippen LogP) is 3.92. The largest absolute Gasteiger partial charge is 0.324 e. The molecule has 1 unspecified atom stereocenters. The fourth-order valence-electron chi connectivity index (χ4n) is 2.47. The van der Waals surface area contributed by atoms with Crippen molar-refractivity contribution in [3.05, 3.63) is 66.5 Å². The Kier molecular flexibility index (Phi) is 3.02. The monoisotopic (exact) mass is 248 g/mol. The summed E-state index contributed by atoms with van der Waals surface area (Å²) in [7, 11) is 0. The molecule has 3 aromatic rings. The standard InChI is InChI=1S/C17H16N2/c1-12(18)14-7-4-5-9-16(14)17-11-19-10-13-6-2-3-8-15(13)17/h2-12H,18H2,1H3. The maximum atomic E-state index is 6.08. The van der Waals surface area contributed by atoms with Crippen LogP contribution in [-0.4, -0.2) is 4.98 Å². The van der Waals surface area contributed by atoms with Gasteiger partial charge in [0, 0.05) is 29.4 Å². The number of aromatic nitrogens is 1. The molecule has 0 radical (unpaired) electrons. The van der Waals surface area contributed by atoms with Gasteiger partial charge in [-0.2, -0.15) is 0 Å². The molecular weight excluding hydrogens is 232 g/mol. The number of fused-ring (bicyclic) bond motifs is 1. The van der Waals surface area contributed by atoms with E-state index in [9.17, 15) is 0 Å². The number of hydrogen-bond donors (Lipinski definition) is 1. The third-order valence-electron chi connectivity index (χ3n) is 3.41. The molecule has 2 heteroatoms. The molecule has 1 atom stereocenters. The van der Waals surface area contributed by atoms with Gasteiger partial charge in [-0.25, -0.2) is 0 Å². The maximum absolute atomic E-state index is 6.08. The highest BCUT2D eigenvalue weighted by molar-refractivity contribution is 5.96. The summed E-state index contributed by atoms with van der Waals surface area (Å²) in [6, 6.07) is 16.6. The van der Waals surface area contributed by atoms with Gasteiger partial charge < -0.3 is 5.73 Å². The van der Waals surface area contributed by atoms with E-state index in [0.717, 1.165) is 16.5 Å². The quantitative estimate of drug-likeness (QED) is 0.746. The first-order valence-corrected chi connectivity index (χ1v) is 6.45. The predicted molar refractivity (Wildman–Crippen MR) is 79.8 cm³/mol. The molecule has 0 bridgehead atoms. The number of benzene rings is 2. The van der Waals surface area contributed by atoms with Crippen LogP contribution < -0.4 is 5.73 Å². The van der Waals surface area contributed by atoms with Gasteiger partial charge in [0.1, 0.15) is 0 Å². The third-order valence-corrected chi connectivity index (χ3v) is 3.41. The van der Waals surface area contributed by atoms with Crippen molar-refractivity contribution in [2.75, 3.05) is 0 Å². The highest BCUT2D eigenvalue weighted by atomic mass is 14.6. The fourth-order valence-corrected chi connectivity index (χ4v) is 2.47. The zero-order valence-corrected chi connectivity index (χ0v) is 10.9. The molecule has 2 N–H and O–H groups in total. The Hall–Kier alpha value is -2.19. The van der Waals surface area contributed by atoms with E-state index in [1.165, 1.54) is 10.9 Å². The molecule has 2 nitrogen and oxygen atoms in total. The maximum Gasteiger partial charge on any atom is 0.0352 e. The summed E-state index contributed by atoms with van der Waals surface area (Å²) >= 11 is 0. The van der Waals surface area contributed by atoms with Crippen LogP contribution in [0.1, 0.15) is 18.5 Å². The molecule has 19 heavy (non-hydrogen) atoms. The molecule has 0 amide bonds. The minimum Gasteiger partial charge on any atom is -0.324 e. The summed E-state index contributed by atoms with van der Waals surface area (Å²) in [5.74, 6) is 0. The van der Waals surface area contributed by atoms with Crippen molar-refractivity contribution < 1.29 is 0 Å². The molecule has 0 aliphatic carbocycles. The van der Waals surface area contributed by atoms with E-state index in [2.05, 4.69) is 35.3 Å². The van der Waals surface area contributed by atoms with Gasteiger partial charge in [0.25, 0.3) is 0 Å². The van der Waals surface area contributed by atoms with E-state index in [-0.39, 0.29) is 6.04 Å². The Balaban J connectivity index is 2.31. The van der Waals surface area contributed by atoms with Crippen LogP contribution in [0.2, 0.25) is 0 Å². The topological polar surface area (TPSA) is 38.9 Å². The Labute approximate surface area is 112 Å². The molecule has 0 fully saturated rings. The van der Waals surface area contributed by atoms with Crippen molar-refractivity contribution in [3.8, 4) is 11.1 Å². The minimum atomic E-state index is 0.00942. The summed E-state index contributed by atoms with van der Waals surface area (Å²) in [6.45, 7) is 2.01. The zero-order chi connectivity index (χ0) is 13.2. The van der Waals surface area contributed by atoms with E-state index >= 15 is 0 Å². The van der Waals surface area contributed by atoms with Crippen molar-refractivity contribution >= 4 is 10.8 Å². The van der Waals surface area contributed by atoms with E-state index in [1.807, 2.05) is 37.5 Å². The van der Waals surface area contributed by atoms with Crippen LogP contribution in [0, 0.1) is 0 Å². The van der Waals surface area contributed by atoms with Gasteiger partial charge in [0.15, 0.2) is 0 Å². The van der Waals surface area contributed by atoms with Crippen molar-refractivity contribution in [2.24, 2.45) is 5.73 Å². The van der Waals surface area contributed by atoms with E-state index < -0.39 is 0 Å². The van der Waals surface area contributed by atoms with Gasteiger partial charge in [0.05, 0.1) is 0 Å². The summed E-state index contributed by atoms with van der Waals surface area (Å²) in [5, 5.41) is 2.37. The molecule has 1 aromatic heterocycles. The van der Waals surface area contributed by atoms with Crippen LogP contribution in [-0.2, 0) is 0 Å². The van der Waals surface area contributed by atoms with Crippen LogP contribution in [0.15, 0.2) is 60.9 Å². The van der Waals surface area contributed by atoms with Crippen molar-refractivity contribution in [3.63, 3.8) is 0 Å². The van der Waals surface area contributed by atoms with Crippen LogP contribution in [0.5, 0.6) is 0 Å². The lowest BCUT2D eigenvalue weighted by Crippen LogP contribution is -2.06. The zero-order valence-electron chi connectivity index (χ0n) is 10.9. The number of pyridine rings is 1. The highest BCUT2D eigenvalue weighted by Gasteiger charge is 2.10. The van der Waals surface area contributed by atoms with Gasteiger partial charge in [-0.15, -0.1) is 0 Å². The molecule has 0 saturated heterocycles. The van der Waals surface area contributed by atoms with Crippen LogP contribution >= 0.6 is 0 Å². The van der Waals surface area contributed by atoms with Gasteiger partial charge in [-0.05, 0) is 23.4 Å². The second-order valence-corrected chi connectivity index (χ2v) is 4.78. The van der Waals surface area contributed by atoms with Crippen molar-refractivity contribution in [1.29, 1.82) is 0 Å². The molecule has 3 rings (SSSR count). The number of nitrogens with two attached hydrogens (primary N) is 1. The van der Waals surface area contributed by atoms with Crippen LogP contribution in [0.4, 0.5) is 0 Å². The number of rotatable bonds is 2. The van der Waals surface area contributed by atoms with Crippen LogP contribution in [0.3, 0.4) is 0 Å². The summed E-state index contributed by atoms with van der Waals surface area (Å²) in [5.41, 5.74) is 9.54. The second-order valence-electron chi connectivity index (χ2n) is 4.78. The summed E-state index contributed by atoms with van der Waals surface area (Å²) < 4.78 is 0. The fraction of sp³-hybridized carbons (Fsp3) is 0.118. The van der Waals surface area contributed by atoms with Crippen LogP contribution in [0.25, 0.3) is 21.9 Å². The molecule has 0 aliphatic rings. The van der Waals surface area contributed by atoms with E-state index in [1.54, 1.807) is 0 Å². The Morgan fingerprint density at radius 3 is 2.47 bits per heavy atom. The highest BCUT2D eigenvalue weighted by Crippen LogP contribution is 2.32. The first kappa shape index (κ1) is 11.9. The SMILES string of the molecule is CC(N)c1ccccc1-c1cncc2ccccc12. The van der Waals surface area contributed by atoms with Gasteiger partial charge >= 0.3 is 0 Å². The van der Waals surface area contributed by atoms with E-state index in [4.69, 9.17) is 5.73 Å². The minimum absolute atomic E-state index is 0.00942. The normalized spacial score (nSPS) is 12.5. The average molecular weight is 248 g/mol. The molecule has 0 spiro atoms. The Morgan fingerprint density at radius 1 is 0.895 bits per heavy atom. The Morgan fingerprint density at radius 2 is 1.63 bits per heavy atom. The summed E-state index contributed by atoms with van der Waals surface area (Å²) in [6.07, 6.45) is 3.82. The first-order valence-electron chi connectivity index (χ1n) is 6.45. The van der Waals surface area contributed by atoms with Gasteiger partial charge in [0.2, 0.25) is 0 Å². The lowest BCUT2D eigenvalue weighted by molar-refractivity contribution is 0.820. The average Bonchev–Trinajstić information content (AvgIpc) is 2.46. The second kappa shape index (κ2) is 4.82. The lowest BCUT2D eigenvalue weighted by Gasteiger charge is -2.14. The van der Waals surface area contributed by atoms with Gasteiger partial charge in [-0.1, -0.05) is 48.5 Å². The Bertz CT molecular complexity index is 712. The molecule has 0 aliphatic heterocycles. The molecule has 0 saturated carbocycles.